The number of carbonyl (C=O) groups excluding carboxylic acids is 1. The Kier molecular flexibility index (Phi) is 6.17. The first kappa shape index (κ1) is 19.0. The van der Waals surface area contributed by atoms with Gasteiger partial charge in [0.2, 0.25) is 0 Å². The molecule has 2 rings (SSSR count). The first-order valence-electron chi connectivity index (χ1n) is 6.55. The maximum atomic E-state index is 13.3. The molecule has 3 N–H and O–H groups in total. The highest BCUT2D eigenvalue weighted by Crippen LogP contribution is 2.33. The summed E-state index contributed by atoms with van der Waals surface area (Å²) >= 11 is 0. The Morgan fingerprint density at radius 3 is 2.43 bits per heavy atom. The van der Waals surface area contributed by atoms with Crippen LogP contribution in [0.1, 0.15) is 21.6 Å². The van der Waals surface area contributed by atoms with Crippen LogP contribution in [-0.4, -0.2) is 28.8 Å². The lowest BCUT2D eigenvalue weighted by atomic mass is 10.2. The number of nitrogens with one attached hydrogen (secondary N) is 1. The minimum atomic E-state index is -4.71. The molecule has 5 nitrogen and oxygen atoms in total. The Morgan fingerprint density at radius 1 is 1.30 bits per heavy atom. The fourth-order valence-electron chi connectivity index (χ4n) is 1.95. The number of rotatable bonds is 4. The van der Waals surface area contributed by atoms with Crippen molar-refractivity contribution >= 4 is 18.3 Å². The van der Waals surface area contributed by atoms with Crippen molar-refractivity contribution in [2.75, 3.05) is 13.1 Å². The van der Waals surface area contributed by atoms with Crippen molar-refractivity contribution in [2.45, 2.75) is 13.1 Å². The van der Waals surface area contributed by atoms with Crippen molar-refractivity contribution in [3.05, 3.63) is 47.3 Å². The van der Waals surface area contributed by atoms with Gasteiger partial charge in [-0.3, -0.25) is 4.79 Å². The maximum absolute atomic E-state index is 13.3. The number of halogens is 4. The summed E-state index contributed by atoms with van der Waals surface area (Å²) in [5.41, 5.74) is 4.74. The summed E-state index contributed by atoms with van der Waals surface area (Å²) in [5.74, 6) is -0.851. The van der Waals surface area contributed by atoms with Crippen LogP contribution in [0.2, 0.25) is 0 Å². The molecule has 0 spiro atoms. The molecule has 0 bridgehead atoms. The molecule has 0 aliphatic heterocycles. The van der Waals surface area contributed by atoms with Crippen LogP contribution in [0.3, 0.4) is 0 Å². The Balaban J connectivity index is 0.00000264. The molecule has 1 aromatic carbocycles. The summed E-state index contributed by atoms with van der Waals surface area (Å²) in [6, 6.07) is 6.37. The van der Waals surface area contributed by atoms with Crippen molar-refractivity contribution in [1.29, 1.82) is 0 Å². The van der Waals surface area contributed by atoms with Gasteiger partial charge in [0.15, 0.2) is 5.69 Å². The van der Waals surface area contributed by atoms with E-state index in [1.54, 1.807) is 12.1 Å². The minimum absolute atomic E-state index is 0. The van der Waals surface area contributed by atoms with E-state index in [0.717, 1.165) is 16.4 Å². The van der Waals surface area contributed by atoms with E-state index in [1.807, 2.05) is 6.92 Å². The number of aromatic nitrogens is 2. The van der Waals surface area contributed by atoms with Gasteiger partial charge in [0.1, 0.15) is 0 Å². The number of hydrogen-bond acceptors (Lipinski definition) is 3. The van der Waals surface area contributed by atoms with E-state index >= 15 is 0 Å². The Labute approximate surface area is 137 Å². The smallest absolute Gasteiger partial charge is 0.351 e. The molecule has 0 aliphatic rings. The summed E-state index contributed by atoms with van der Waals surface area (Å²) in [6.45, 7) is 2.05. The van der Waals surface area contributed by atoms with E-state index < -0.39 is 23.3 Å². The lowest BCUT2D eigenvalue weighted by Gasteiger charge is -2.13. The number of amides is 1. The second-order valence-corrected chi connectivity index (χ2v) is 4.70. The topological polar surface area (TPSA) is 72.9 Å². The van der Waals surface area contributed by atoms with E-state index in [2.05, 4.69) is 10.4 Å². The van der Waals surface area contributed by atoms with Gasteiger partial charge in [0.25, 0.3) is 5.91 Å². The van der Waals surface area contributed by atoms with Gasteiger partial charge in [0, 0.05) is 13.1 Å². The zero-order chi connectivity index (χ0) is 16.3. The monoisotopic (exact) mass is 348 g/mol. The quantitative estimate of drug-likeness (QED) is 0.890. The van der Waals surface area contributed by atoms with Crippen LogP contribution in [0, 0.1) is 6.92 Å². The zero-order valence-corrected chi connectivity index (χ0v) is 13.0. The van der Waals surface area contributed by atoms with Crippen LogP contribution in [0.25, 0.3) is 5.69 Å². The second kappa shape index (κ2) is 7.47. The highest BCUT2D eigenvalue weighted by Gasteiger charge is 2.40. The molecule has 126 valence electrons. The van der Waals surface area contributed by atoms with Gasteiger partial charge < -0.3 is 11.1 Å². The van der Waals surface area contributed by atoms with Gasteiger partial charge in [-0.15, -0.1) is 12.4 Å². The second-order valence-electron chi connectivity index (χ2n) is 4.70. The SMILES string of the molecule is Cc1ccc(-n2ncc(C(=O)NCCN)c2C(F)(F)F)cc1.Cl. The van der Waals surface area contributed by atoms with Gasteiger partial charge in [-0.1, -0.05) is 17.7 Å². The Morgan fingerprint density at radius 2 is 1.91 bits per heavy atom. The number of alkyl halides is 3. The molecule has 23 heavy (non-hydrogen) atoms. The third-order valence-electron chi connectivity index (χ3n) is 2.99. The molecule has 0 atom stereocenters. The molecule has 0 unspecified atom stereocenters. The fourth-order valence-corrected chi connectivity index (χ4v) is 1.95. The molecular formula is C14H16ClF3N4O. The summed E-state index contributed by atoms with van der Waals surface area (Å²) < 4.78 is 40.7. The summed E-state index contributed by atoms with van der Waals surface area (Å²) in [6.07, 6.45) is -3.80. The Bertz CT molecular complexity index is 668. The first-order chi connectivity index (χ1) is 10.3. The number of hydrogen-bond donors (Lipinski definition) is 2. The van der Waals surface area contributed by atoms with Gasteiger partial charge in [-0.25, -0.2) is 4.68 Å². The van der Waals surface area contributed by atoms with E-state index in [9.17, 15) is 18.0 Å². The molecule has 1 heterocycles. The third kappa shape index (κ3) is 4.23. The average molecular weight is 349 g/mol. The van der Waals surface area contributed by atoms with Crippen molar-refractivity contribution < 1.29 is 18.0 Å². The van der Waals surface area contributed by atoms with Crippen LogP contribution in [-0.2, 0) is 6.18 Å². The normalized spacial score (nSPS) is 11.0. The molecule has 9 heteroatoms. The average Bonchev–Trinajstić information content (AvgIpc) is 2.90. The van der Waals surface area contributed by atoms with Crippen molar-refractivity contribution in [3.63, 3.8) is 0 Å². The minimum Gasteiger partial charge on any atom is -0.351 e. The molecule has 1 aromatic heterocycles. The number of nitrogens with two attached hydrogens (primary N) is 1. The summed E-state index contributed by atoms with van der Waals surface area (Å²) in [5, 5.41) is 6.03. The predicted molar refractivity (Wildman–Crippen MR) is 81.9 cm³/mol. The van der Waals surface area contributed by atoms with Crippen LogP contribution in [0.5, 0.6) is 0 Å². The van der Waals surface area contributed by atoms with Crippen LogP contribution in [0.15, 0.2) is 30.5 Å². The number of aryl methyl sites for hydroxylation is 1. The van der Waals surface area contributed by atoms with Crippen LogP contribution >= 0.6 is 12.4 Å². The largest absolute Gasteiger partial charge is 0.434 e. The third-order valence-corrected chi connectivity index (χ3v) is 2.99. The standard InChI is InChI=1S/C14H15F3N4O.ClH/c1-9-2-4-10(5-3-9)21-12(14(15,16)17)11(8-20-21)13(22)19-7-6-18;/h2-5,8H,6-7,18H2,1H3,(H,19,22);1H. The summed E-state index contributed by atoms with van der Waals surface area (Å²) in [7, 11) is 0. The number of nitrogens with zero attached hydrogens (tertiary/aromatic N) is 2. The molecular weight excluding hydrogens is 333 g/mol. The molecule has 0 aliphatic carbocycles. The number of benzene rings is 1. The lowest BCUT2D eigenvalue weighted by Crippen LogP contribution is -2.30. The molecule has 0 radical (unpaired) electrons. The van der Waals surface area contributed by atoms with E-state index in [1.165, 1.54) is 12.1 Å². The van der Waals surface area contributed by atoms with Crippen molar-refractivity contribution in [1.82, 2.24) is 15.1 Å². The number of carbonyl (C=O) groups is 1. The molecule has 0 saturated heterocycles. The van der Waals surface area contributed by atoms with Gasteiger partial charge in [-0.2, -0.15) is 18.3 Å². The van der Waals surface area contributed by atoms with Gasteiger partial charge >= 0.3 is 6.18 Å². The van der Waals surface area contributed by atoms with E-state index in [0.29, 0.717) is 0 Å². The Hall–Kier alpha value is -2.06. The van der Waals surface area contributed by atoms with Crippen LogP contribution < -0.4 is 11.1 Å². The van der Waals surface area contributed by atoms with Crippen LogP contribution in [0.4, 0.5) is 13.2 Å². The molecule has 2 aromatic rings. The van der Waals surface area contributed by atoms with Crippen molar-refractivity contribution in [3.8, 4) is 5.69 Å². The van der Waals surface area contributed by atoms with Crippen molar-refractivity contribution in [2.24, 2.45) is 5.73 Å². The highest BCUT2D eigenvalue weighted by molar-refractivity contribution is 5.95. The molecule has 0 saturated carbocycles. The zero-order valence-electron chi connectivity index (χ0n) is 12.2. The van der Waals surface area contributed by atoms with E-state index in [-0.39, 0.29) is 31.2 Å². The first-order valence-corrected chi connectivity index (χ1v) is 6.55. The van der Waals surface area contributed by atoms with Gasteiger partial charge in [-0.05, 0) is 19.1 Å². The van der Waals surface area contributed by atoms with E-state index in [4.69, 9.17) is 5.73 Å². The molecule has 0 fully saturated rings. The predicted octanol–water partition coefficient (Wildman–Crippen LogP) is 2.31. The summed E-state index contributed by atoms with van der Waals surface area (Å²) in [4.78, 5) is 11.8. The maximum Gasteiger partial charge on any atom is 0.434 e. The highest BCUT2D eigenvalue weighted by atomic mass is 35.5. The van der Waals surface area contributed by atoms with Gasteiger partial charge in [0.05, 0.1) is 17.4 Å². The molecule has 1 amide bonds. The lowest BCUT2D eigenvalue weighted by molar-refractivity contribution is -0.143. The fraction of sp³-hybridized carbons (Fsp3) is 0.286.